The number of aromatic amines is 1. The third-order valence-electron chi connectivity index (χ3n) is 2.47. The molecule has 0 radical (unpaired) electrons. The number of fused-ring (bicyclic) bond motifs is 1. The van der Waals surface area contributed by atoms with Gasteiger partial charge in [0, 0.05) is 17.1 Å². The lowest BCUT2D eigenvalue weighted by atomic mass is 9.98. The van der Waals surface area contributed by atoms with Crippen LogP contribution in [-0.2, 0) is 4.79 Å². The maximum Gasteiger partial charge on any atom is 0.310 e. The largest absolute Gasteiger partial charge is 0.481 e. The third-order valence-corrected chi connectivity index (χ3v) is 2.47. The molecule has 0 spiro atoms. The number of aliphatic carboxylic acids is 1. The number of carbonyl (C=O) groups is 1. The molecule has 0 fully saturated rings. The van der Waals surface area contributed by atoms with Gasteiger partial charge >= 0.3 is 5.97 Å². The average Bonchev–Trinajstić information content (AvgIpc) is 2.63. The molecule has 14 heavy (non-hydrogen) atoms. The highest BCUT2D eigenvalue weighted by molar-refractivity contribution is 5.88. The molecule has 0 aliphatic rings. The average molecular weight is 189 g/mol. The van der Waals surface area contributed by atoms with Crippen molar-refractivity contribution in [3.05, 3.63) is 36.0 Å². The monoisotopic (exact) mass is 189 g/mol. The predicted octanol–water partition coefficient (Wildman–Crippen LogP) is 2.36. The van der Waals surface area contributed by atoms with Gasteiger partial charge < -0.3 is 10.1 Å². The topological polar surface area (TPSA) is 53.1 Å². The summed E-state index contributed by atoms with van der Waals surface area (Å²) in [6, 6.07) is 7.57. The third kappa shape index (κ3) is 1.27. The van der Waals surface area contributed by atoms with Crippen LogP contribution in [0.4, 0.5) is 0 Å². The summed E-state index contributed by atoms with van der Waals surface area (Å²) >= 11 is 0. The van der Waals surface area contributed by atoms with Gasteiger partial charge in [-0.25, -0.2) is 0 Å². The van der Waals surface area contributed by atoms with Crippen LogP contribution in [0, 0.1) is 0 Å². The maximum absolute atomic E-state index is 10.9. The zero-order valence-electron chi connectivity index (χ0n) is 7.82. The fourth-order valence-corrected chi connectivity index (χ4v) is 1.62. The van der Waals surface area contributed by atoms with Gasteiger partial charge in [0.15, 0.2) is 0 Å². The molecule has 0 saturated carbocycles. The van der Waals surface area contributed by atoms with Crippen LogP contribution < -0.4 is 0 Å². The van der Waals surface area contributed by atoms with E-state index in [1.165, 1.54) is 0 Å². The van der Waals surface area contributed by atoms with E-state index in [4.69, 9.17) is 5.11 Å². The fraction of sp³-hybridized carbons (Fsp3) is 0.182. The highest BCUT2D eigenvalue weighted by Gasteiger charge is 2.15. The number of rotatable bonds is 2. The van der Waals surface area contributed by atoms with Crippen molar-refractivity contribution in [2.45, 2.75) is 12.8 Å². The van der Waals surface area contributed by atoms with E-state index in [9.17, 15) is 4.79 Å². The van der Waals surface area contributed by atoms with Gasteiger partial charge in [-0.05, 0) is 24.6 Å². The van der Waals surface area contributed by atoms with Crippen LogP contribution in [0.2, 0.25) is 0 Å². The lowest BCUT2D eigenvalue weighted by molar-refractivity contribution is -0.138. The minimum atomic E-state index is -0.793. The highest BCUT2D eigenvalue weighted by atomic mass is 16.4. The summed E-state index contributed by atoms with van der Waals surface area (Å²) in [6.45, 7) is 1.70. The van der Waals surface area contributed by atoms with Crippen LogP contribution >= 0.6 is 0 Å². The molecule has 3 nitrogen and oxygen atoms in total. The molecule has 1 heterocycles. The van der Waals surface area contributed by atoms with Crippen molar-refractivity contribution in [3.8, 4) is 0 Å². The highest BCUT2D eigenvalue weighted by Crippen LogP contribution is 2.24. The molecule has 0 aliphatic carbocycles. The zero-order valence-corrected chi connectivity index (χ0v) is 7.82. The number of carboxylic acids is 1. The number of hydrogen-bond acceptors (Lipinski definition) is 1. The summed E-state index contributed by atoms with van der Waals surface area (Å²) in [5.41, 5.74) is 1.84. The minimum Gasteiger partial charge on any atom is -0.481 e. The number of H-pyrrole nitrogens is 1. The Morgan fingerprint density at radius 1 is 1.43 bits per heavy atom. The van der Waals surface area contributed by atoms with Crippen LogP contribution in [0.25, 0.3) is 10.9 Å². The van der Waals surface area contributed by atoms with E-state index in [2.05, 4.69) is 4.98 Å². The zero-order chi connectivity index (χ0) is 10.1. The number of hydrogen-bond donors (Lipinski definition) is 2. The quantitative estimate of drug-likeness (QED) is 0.761. The Morgan fingerprint density at radius 2 is 2.21 bits per heavy atom. The molecule has 0 amide bonds. The van der Waals surface area contributed by atoms with Gasteiger partial charge in [0.2, 0.25) is 0 Å². The Hall–Kier alpha value is -1.77. The molecule has 1 aromatic carbocycles. The second-order valence-corrected chi connectivity index (χ2v) is 3.35. The first-order valence-electron chi connectivity index (χ1n) is 4.49. The summed E-state index contributed by atoms with van der Waals surface area (Å²) in [5, 5.41) is 9.91. The van der Waals surface area contributed by atoms with Gasteiger partial charge in [0.1, 0.15) is 0 Å². The van der Waals surface area contributed by atoms with Crippen molar-refractivity contribution in [3.63, 3.8) is 0 Å². The standard InChI is InChI=1S/C11H11NO2/c1-7(11(13)14)8-3-2-4-10-9(8)5-6-12-10/h2-7,12H,1H3,(H,13,14). The van der Waals surface area contributed by atoms with E-state index in [1.807, 2.05) is 30.5 Å². The number of carboxylic acid groups (broad SMARTS) is 1. The molecule has 0 saturated heterocycles. The van der Waals surface area contributed by atoms with Crippen molar-refractivity contribution >= 4 is 16.9 Å². The second kappa shape index (κ2) is 3.18. The van der Waals surface area contributed by atoms with Crippen molar-refractivity contribution in [2.75, 3.05) is 0 Å². The van der Waals surface area contributed by atoms with Crippen molar-refractivity contribution in [1.82, 2.24) is 4.98 Å². The Kier molecular flexibility index (Phi) is 2.00. The first-order valence-corrected chi connectivity index (χ1v) is 4.49. The maximum atomic E-state index is 10.9. The molecule has 72 valence electrons. The fourth-order valence-electron chi connectivity index (χ4n) is 1.62. The molecule has 1 atom stereocenters. The smallest absolute Gasteiger partial charge is 0.310 e. The van der Waals surface area contributed by atoms with Gasteiger partial charge in [0.25, 0.3) is 0 Å². The first-order chi connectivity index (χ1) is 6.70. The van der Waals surface area contributed by atoms with Crippen LogP contribution in [0.5, 0.6) is 0 Å². The van der Waals surface area contributed by atoms with Crippen LogP contribution in [0.15, 0.2) is 30.5 Å². The van der Waals surface area contributed by atoms with Crippen LogP contribution in [0.1, 0.15) is 18.4 Å². The van der Waals surface area contributed by atoms with E-state index in [-0.39, 0.29) is 0 Å². The lowest BCUT2D eigenvalue weighted by Crippen LogP contribution is -2.07. The Balaban J connectivity index is 2.61. The molecule has 1 aromatic heterocycles. The van der Waals surface area contributed by atoms with E-state index >= 15 is 0 Å². The normalized spacial score (nSPS) is 12.9. The molecular formula is C11H11NO2. The second-order valence-electron chi connectivity index (χ2n) is 3.35. The first kappa shape index (κ1) is 8.81. The van der Waals surface area contributed by atoms with Crippen molar-refractivity contribution < 1.29 is 9.90 Å². The molecule has 3 heteroatoms. The van der Waals surface area contributed by atoms with Gasteiger partial charge in [-0.15, -0.1) is 0 Å². The predicted molar refractivity (Wildman–Crippen MR) is 54.3 cm³/mol. The van der Waals surface area contributed by atoms with Gasteiger partial charge in [-0.2, -0.15) is 0 Å². The minimum absolute atomic E-state index is 0.463. The SMILES string of the molecule is CC(C(=O)O)c1cccc2[nH]ccc12. The van der Waals surface area contributed by atoms with E-state index in [0.29, 0.717) is 0 Å². The van der Waals surface area contributed by atoms with Gasteiger partial charge in [-0.3, -0.25) is 4.79 Å². The van der Waals surface area contributed by atoms with Gasteiger partial charge in [-0.1, -0.05) is 12.1 Å². The Labute approximate surface area is 81.4 Å². The molecular weight excluding hydrogens is 178 g/mol. The summed E-state index contributed by atoms with van der Waals surface area (Å²) in [7, 11) is 0. The van der Waals surface area contributed by atoms with E-state index in [1.54, 1.807) is 6.92 Å². The Morgan fingerprint density at radius 3 is 2.93 bits per heavy atom. The molecule has 0 aliphatic heterocycles. The van der Waals surface area contributed by atoms with E-state index < -0.39 is 11.9 Å². The molecule has 2 N–H and O–H groups in total. The molecule has 0 bridgehead atoms. The van der Waals surface area contributed by atoms with Crippen LogP contribution in [0.3, 0.4) is 0 Å². The summed E-state index contributed by atoms with van der Waals surface area (Å²) < 4.78 is 0. The van der Waals surface area contributed by atoms with Crippen molar-refractivity contribution in [1.29, 1.82) is 0 Å². The molecule has 2 rings (SSSR count). The van der Waals surface area contributed by atoms with Crippen molar-refractivity contribution in [2.24, 2.45) is 0 Å². The van der Waals surface area contributed by atoms with E-state index in [0.717, 1.165) is 16.5 Å². The number of nitrogens with one attached hydrogen (secondary N) is 1. The molecule has 1 unspecified atom stereocenters. The summed E-state index contributed by atoms with van der Waals surface area (Å²) in [6.07, 6.45) is 1.82. The number of aromatic nitrogens is 1. The number of benzene rings is 1. The molecule has 2 aromatic rings. The lowest BCUT2D eigenvalue weighted by Gasteiger charge is -2.07. The van der Waals surface area contributed by atoms with Gasteiger partial charge in [0.05, 0.1) is 5.92 Å². The summed E-state index contributed by atoms with van der Waals surface area (Å²) in [5.74, 6) is -1.26. The summed E-state index contributed by atoms with van der Waals surface area (Å²) in [4.78, 5) is 13.9. The Bertz CT molecular complexity index is 473. The van der Waals surface area contributed by atoms with Crippen LogP contribution in [-0.4, -0.2) is 16.1 Å².